The van der Waals surface area contributed by atoms with Crippen molar-refractivity contribution in [1.82, 2.24) is 0 Å². The molecule has 1 saturated carbocycles. The van der Waals surface area contributed by atoms with Gasteiger partial charge in [-0.25, -0.2) is 0 Å². The van der Waals surface area contributed by atoms with Crippen LogP contribution in [0.5, 0.6) is 0 Å². The first-order valence-corrected chi connectivity index (χ1v) is 16.8. The molecule has 1 fully saturated rings. The summed E-state index contributed by atoms with van der Waals surface area (Å²) in [6, 6.07) is 29.5. The van der Waals surface area contributed by atoms with E-state index in [1.807, 2.05) is 27.0 Å². The van der Waals surface area contributed by atoms with E-state index in [1.54, 1.807) is 0 Å². The quantitative estimate of drug-likeness (QED) is 0.121. The molecule has 3 aromatic carbocycles. The first-order chi connectivity index (χ1) is 21.7. The molecule has 2 aliphatic rings. The predicted molar refractivity (Wildman–Crippen MR) is 194 cm³/mol. The van der Waals surface area contributed by atoms with Gasteiger partial charge < -0.3 is 0 Å². The van der Waals surface area contributed by atoms with E-state index in [9.17, 15) is 0 Å². The Morgan fingerprint density at radius 1 is 0.773 bits per heavy atom. The molecule has 2 aliphatic carbocycles. The van der Waals surface area contributed by atoms with Crippen LogP contribution in [0.15, 0.2) is 139 Å². The molecule has 0 radical (unpaired) electrons. The number of rotatable bonds is 11. The van der Waals surface area contributed by atoms with Gasteiger partial charge in [0.05, 0.1) is 5.71 Å². The molecule has 0 heterocycles. The van der Waals surface area contributed by atoms with Crippen molar-refractivity contribution in [3.8, 4) is 0 Å². The molecule has 1 nitrogen and oxygen atoms in total. The molecule has 0 aliphatic heterocycles. The second-order valence-corrected chi connectivity index (χ2v) is 11.6. The fourth-order valence-electron chi connectivity index (χ4n) is 6.55. The Bertz CT molecular complexity index is 1450. The van der Waals surface area contributed by atoms with E-state index in [1.165, 1.54) is 65.5 Å². The SMILES string of the molecule is C=CCC/C=C\Cc1ccc(C2(c3ccc(/C(=C/C(=NC)c4ccccc4)C4=CCCC=C4)cc3)CCCCC2)cc1.CC. The third kappa shape index (κ3) is 8.35. The van der Waals surface area contributed by atoms with Crippen molar-refractivity contribution in [2.24, 2.45) is 4.99 Å². The molecular weight excluding hydrogens is 530 g/mol. The van der Waals surface area contributed by atoms with E-state index in [-0.39, 0.29) is 5.41 Å². The Morgan fingerprint density at radius 3 is 2.07 bits per heavy atom. The largest absolute Gasteiger partial charge is 0.288 e. The first kappa shape index (κ1) is 32.9. The standard InChI is InChI=1S/C41H45N.C2H6/c1-3-4-5-6-10-17-33-22-26-37(27-23-33)41(30-15-9-16-31-41)38-28-24-35(25-29-38)39(34-18-11-7-12-19-34)32-40(42-2)36-20-13-8-14-21-36;1-2/h3,6,8,10-11,13-14,18-29,32H,1,4-5,7,9,12,15-17,30-31H2,2H3;1-2H3/b10-6-,39-32+,42-40?;. The summed E-state index contributed by atoms with van der Waals surface area (Å²) in [5, 5.41) is 0. The van der Waals surface area contributed by atoms with Crippen LogP contribution in [-0.2, 0) is 11.8 Å². The lowest BCUT2D eigenvalue weighted by Gasteiger charge is -2.39. The van der Waals surface area contributed by atoms with Crippen molar-refractivity contribution >= 4 is 11.3 Å². The maximum atomic E-state index is 4.68. The van der Waals surface area contributed by atoms with Crippen molar-refractivity contribution in [2.45, 2.75) is 83.5 Å². The molecule has 0 unspecified atom stereocenters. The van der Waals surface area contributed by atoms with Gasteiger partial charge in [0, 0.05) is 12.5 Å². The summed E-state index contributed by atoms with van der Waals surface area (Å²) in [7, 11) is 1.89. The van der Waals surface area contributed by atoms with Crippen molar-refractivity contribution in [2.75, 3.05) is 7.05 Å². The summed E-state index contributed by atoms with van der Waals surface area (Å²) in [5.41, 5.74) is 10.3. The minimum Gasteiger partial charge on any atom is -0.288 e. The van der Waals surface area contributed by atoms with Crippen LogP contribution < -0.4 is 0 Å². The lowest BCUT2D eigenvalue weighted by molar-refractivity contribution is 0.346. The molecule has 1 heteroatoms. The molecule has 0 N–H and O–H groups in total. The van der Waals surface area contributed by atoms with Crippen LogP contribution in [0.1, 0.15) is 99.5 Å². The van der Waals surface area contributed by atoms with Gasteiger partial charge in [-0.3, -0.25) is 4.99 Å². The molecule has 0 bridgehead atoms. The maximum Gasteiger partial charge on any atom is 0.0649 e. The number of hydrogen-bond acceptors (Lipinski definition) is 1. The minimum absolute atomic E-state index is 0.0864. The molecule has 3 aromatic rings. The highest BCUT2D eigenvalue weighted by molar-refractivity contribution is 6.13. The van der Waals surface area contributed by atoms with Gasteiger partial charge in [-0.1, -0.05) is 148 Å². The van der Waals surface area contributed by atoms with Crippen LogP contribution >= 0.6 is 0 Å². The van der Waals surface area contributed by atoms with E-state index < -0.39 is 0 Å². The van der Waals surface area contributed by atoms with Gasteiger partial charge in [0.2, 0.25) is 0 Å². The van der Waals surface area contributed by atoms with Gasteiger partial charge in [-0.2, -0.15) is 0 Å². The summed E-state index contributed by atoms with van der Waals surface area (Å²) < 4.78 is 0. The molecule has 5 rings (SSSR count). The molecule has 0 aromatic heterocycles. The zero-order valence-electron chi connectivity index (χ0n) is 27.3. The minimum atomic E-state index is 0.0864. The van der Waals surface area contributed by atoms with Crippen molar-refractivity contribution in [3.05, 3.63) is 161 Å². The smallest absolute Gasteiger partial charge is 0.0649 e. The molecule has 0 saturated heterocycles. The Labute approximate surface area is 267 Å². The number of unbranched alkanes of at least 4 members (excludes halogenated alkanes) is 1. The second kappa shape index (κ2) is 17.4. The summed E-state index contributed by atoms with van der Waals surface area (Å²) in [5.74, 6) is 0. The van der Waals surface area contributed by atoms with E-state index >= 15 is 0 Å². The summed E-state index contributed by atoms with van der Waals surface area (Å²) >= 11 is 0. The van der Waals surface area contributed by atoms with E-state index in [2.05, 4.69) is 127 Å². The third-order valence-electron chi connectivity index (χ3n) is 8.92. The Balaban J connectivity index is 0.00000216. The highest BCUT2D eigenvalue weighted by Gasteiger charge is 2.35. The topological polar surface area (TPSA) is 12.4 Å². The van der Waals surface area contributed by atoms with Gasteiger partial charge in [-0.15, -0.1) is 6.58 Å². The lowest BCUT2D eigenvalue weighted by Crippen LogP contribution is -2.30. The van der Waals surface area contributed by atoms with Crippen LogP contribution in [0.25, 0.3) is 5.57 Å². The Kier molecular flexibility index (Phi) is 13.0. The van der Waals surface area contributed by atoms with Gasteiger partial charge in [0.25, 0.3) is 0 Å². The van der Waals surface area contributed by atoms with Crippen LogP contribution in [0.4, 0.5) is 0 Å². The van der Waals surface area contributed by atoms with Crippen molar-refractivity contribution < 1.29 is 0 Å². The zero-order chi connectivity index (χ0) is 31.0. The number of allylic oxidation sites excluding steroid dienone is 9. The fraction of sp³-hybridized carbons (Fsp3) is 0.326. The highest BCUT2D eigenvalue weighted by Crippen LogP contribution is 2.45. The lowest BCUT2D eigenvalue weighted by atomic mass is 9.65. The third-order valence-corrected chi connectivity index (χ3v) is 8.92. The molecule has 0 atom stereocenters. The van der Waals surface area contributed by atoms with Crippen LogP contribution in [0.3, 0.4) is 0 Å². The highest BCUT2D eigenvalue weighted by atomic mass is 14.7. The van der Waals surface area contributed by atoms with Crippen LogP contribution in [0, 0.1) is 0 Å². The number of benzene rings is 3. The van der Waals surface area contributed by atoms with Crippen LogP contribution in [0.2, 0.25) is 0 Å². The van der Waals surface area contributed by atoms with Crippen LogP contribution in [-0.4, -0.2) is 12.8 Å². The molecule has 0 amide bonds. The summed E-state index contributed by atoms with van der Waals surface area (Å²) in [6.45, 7) is 7.82. The second-order valence-electron chi connectivity index (χ2n) is 11.6. The van der Waals surface area contributed by atoms with Gasteiger partial charge in [0.1, 0.15) is 0 Å². The normalized spacial score (nSPS) is 16.7. The molecule has 44 heavy (non-hydrogen) atoms. The Morgan fingerprint density at radius 2 is 1.45 bits per heavy atom. The molecule has 0 spiro atoms. The van der Waals surface area contributed by atoms with E-state index in [4.69, 9.17) is 0 Å². The maximum absolute atomic E-state index is 4.68. The Hall–Kier alpha value is -3.97. The van der Waals surface area contributed by atoms with Crippen molar-refractivity contribution in [3.63, 3.8) is 0 Å². The average molecular weight is 582 g/mol. The zero-order valence-corrected chi connectivity index (χ0v) is 27.3. The number of hydrogen-bond donors (Lipinski definition) is 0. The molecular formula is C43H51N. The fourth-order valence-corrected chi connectivity index (χ4v) is 6.55. The number of aliphatic imine (C=N–C) groups is 1. The number of nitrogens with zero attached hydrogens (tertiary/aromatic N) is 1. The predicted octanol–water partition coefficient (Wildman–Crippen LogP) is 11.8. The molecule has 228 valence electrons. The summed E-state index contributed by atoms with van der Waals surface area (Å²) in [6.07, 6.45) is 27.4. The van der Waals surface area contributed by atoms with Gasteiger partial charge in [-0.05, 0) is 90.0 Å². The van der Waals surface area contributed by atoms with E-state index in [0.29, 0.717) is 0 Å². The monoisotopic (exact) mass is 581 g/mol. The van der Waals surface area contributed by atoms with E-state index in [0.717, 1.165) is 43.4 Å². The van der Waals surface area contributed by atoms with Gasteiger partial charge in [0.15, 0.2) is 0 Å². The van der Waals surface area contributed by atoms with Crippen molar-refractivity contribution in [1.29, 1.82) is 0 Å². The first-order valence-electron chi connectivity index (χ1n) is 16.8. The van der Waals surface area contributed by atoms with Gasteiger partial charge >= 0.3 is 0 Å². The average Bonchev–Trinajstić information content (AvgIpc) is 3.11. The summed E-state index contributed by atoms with van der Waals surface area (Å²) in [4.78, 5) is 4.68.